The average Bonchev–Trinajstić information content (AvgIpc) is 2.85. The van der Waals surface area contributed by atoms with Crippen molar-refractivity contribution in [3.63, 3.8) is 0 Å². The van der Waals surface area contributed by atoms with Crippen molar-refractivity contribution in [3.05, 3.63) is 36.0 Å². The maximum Gasteiger partial charge on any atom is 0.254 e. The van der Waals surface area contributed by atoms with E-state index in [1.54, 1.807) is 0 Å². The van der Waals surface area contributed by atoms with Gasteiger partial charge < -0.3 is 9.88 Å². The Labute approximate surface area is 111 Å². The number of aromatic amines is 1. The van der Waals surface area contributed by atoms with E-state index in [1.165, 1.54) is 0 Å². The smallest absolute Gasteiger partial charge is 0.254 e. The number of carbonyl (C=O) groups is 1. The number of fused-ring (bicyclic) bond motifs is 1. The van der Waals surface area contributed by atoms with Crippen LogP contribution in [0.15, 0.2) is 30.5 Å². The van der Waals surface area contributed by atoms with Gasteiger partial charge in [-0.15, -0.1) is 0 Å². The molecule has 94 valence electrons. The van der Waals surface area contributed by atoms with Gasteiger partial charge in [-0.3, -0.25) is 4.79 Å². The molecule has 3 nitrogen and oxygen atoms in total. The molecule has 1 N–H and O–H groups in total. The normalized spacial score (nSPS) is 20.3. The van der Waals surface area contributed by atoms with E-state index in [0.717, 1.165) is 34.5 Å². The monoisotopic (exact) mass is 260 g/mol. The van der Waals surface area contributed by atoms with E-state index < -0.39 is 0 Å². The van der Waals surface area contributed by atoms with Crippen LogP contribution in [0.2, 0.25) is 0 Å². The van der Waals surface area contributed by atoms with E-state index in [-0.39, 0.29) is 5.91 Å². The Bertz CT molecular complexity index is 578. The molecular weight excluding hydrogens is 244 g/mol. The Balaban J connectivity index is 1.90. The number of hydrogen-bond acceptors (Lipinski definition) is 2. The predicted octanol–water partition coefficient (Wildman–Crippen LogP) is 2.75. The van der Waals surface area contributed by atoms with Crippen LogP contribution in [-0.2, 0) is 0 Å². The van der Waals surface area contributed by atoms with Gasteiger partial charge in [0.2, 0.25) is 0 Å². The Morgan fingerprint density at radius 3 is 3.17 bits per heavy atom. The Morgan fingerprint density at radius 2 is 2.33 bits per heavy atom. The van der Waals surface area contributed by atoms with Crippen molar-refractivity contribution in [3.8, 4) is 0 Å². The van der Waals surface area contributed by atoms with Crippen LogP contribution in [-0.4, -0.2) is 39.9 Å². The molecule has 1 atom stereocenters. The molecule has 18 heavy (non-hydrogen) atoms. The molecule has 1 aromatic heterocycles. The highest BCUT2D eigenvalue weighted by molar-refractivity contribution is 7.99. The second kappa shape index (κ2) is 4.69. The van der Waals surface area contributed by atoms with Gasteiger partial charge in [-0.25, -0.2) is 0 Å². The van der Waals surface area contributed by atoms with Crippen LogP contribution in [0.1, 0.15) is 17.3 Å². The molecule has 1 amide bonds. The Morgan fingerprint density at radius 1 is 1.44 bits per heavy atom. The van der Waals surface area contributed by atoms with Crippen LogP contribution in [0.4, 0.5) is 0 Å². The van der Waals surface area contributed by atoms with Gasteiger partial charge in [0.1, 0.15) is 0 Å². The van der Waals surface area contributed by atoms with E-state index in [9.17, 15) is 4.79 Å². The zero-order chi connectivity index (χ0) is 12.5. The maximum atomic E-state index is 12.5. The van der Waals surface area contributed by atoms with Crippen LogP contribution in [0.25, 0.3) is 10.9 Å². The highest BCUT2D eigenvalue weighted by atomic mass is 32.2. The first kappa shape index (κ1) is 11.7. The molecule has 0 spiro atoms. The SMILES string of the molecule is CC1CSCCN1C(=O)c1ccc2[nH]ccc2c1. The fraction of sp³-hybridized carbons (Fsp3) is 0.357. The van der Waals surface area contributed by atoms with Crippen molar-refractivity contribution in [1.29, 1.82) is 0 Å². The number of H-pyrrole nitrogens is 1. The number of carbonyl (C=O) groups excluding carboxylic acids is 1. The number of rotatable bonds is 1. The lowest BCUT2D eigenvalue weighted by Gasteiger charge is -2.33. The third-order valence-electron chi connectivity index (χ3n) is 3.43. The molecule has 1 saturated heterocycles. The number of hydrogen-bond donors (Lipinski definition) is 1. The quantitative estimate of drug-likeness (QED) is 0.856. The van der Waals surface area contributed by atoms with E-state index in [0.29, 0.717) is 6.04 Å². The molecule has 0 saturated carbocycles. The maximum absolute atomic E-state index is 12.5. The minimum Gasteiger partial charge on any atom is -0.361 e. The van der Waals surface area contributed by atoms with Crippen molar-refractivity contribution in [1.82, 2.24) is 9.88 Å². The van der Waals surface area contributed by atoms with Gasteiger partial charge in [0.25, 0.3) is 5.91 Å². The number of nitrogens with one attached hydrogen (secondary N) is 1. The van der Waals surface area contributed by atoms with Gasteiger partial charge in [-0.05, 0) is 31.2 Å². The van der Waals surface area contributed by atoms with Gasteiger partial charge in [0.15, 0.2) is 0 Å². The lowest BCUT2D eigenvalue weighted by molar-refractivity contribution is 0.0716. The first-order valence-electron chi connectivity index (χ1n) is 6.21. The van der Waals surface area contributed by atoms with Gasteiger partial charge in [0.05, 0.1) is 0 Å². The fourth-order valence-corrected chi connectivity index (χ4v) is 3.39. The number of thioether (sulfide) groups is 1. The summed E-state index contributed by atoms with van der Waals surface area (Å²) in [6.45, 7) is 2.98. The average molecular weight is 260 g/mol. The molecule has 1 aliphatic rings. The summed E-state index contributed by atoms with van der Waals surface area (Å²) in [6.07, 6.45) is 1.90. The Kier molecular flexibility index (Phi) is 3.04. The molecule has 0 radical (unpaired) electrons. The second-order valence-electron chi connectivity index (χ2n) is 4.70. The van der Waals surface area contributed by atoms with E-state index in [1.807, 2.05) is 47.1 Å². The molecule has 1 fully saturated rings. The van der Waals surface area contributed by atoms with Crippen LogP contribution >= 0.6 is 11.8 Å². The van der Waals surface area contributed by atoms with Gasteiger partial charge in [-0.1, -0.05) is 0 Å². The molecule has 1 unspecified atom stereocenters. The largest absolute Gasteiger partial charge is 0.361 e. The van der Waals surface area contributed by atoms with Crippen LogP contribution in [0.5, 0.6) is 0 Å². The number of nitrogens with zero attached hydrogens (tertiary/aromatic N) is 1. The Hall–Kier alpha value is -1.42. The van der Waals surface area contributed by atoms with Crippen LogP contribution in [0.3, 0.4) is 0 Å². The predicted molar refractivity (Wildman–Crippen MR) is 76.1 cm³/mol. The summed E-state index contributed by atoms with van der Waals surface area (Å²) in [7, 11) is 0. The summed E-state index contributed by atoms with van der Waals surface area (Å²) in [5, 5.41) is 1.10. The second-order valence-corrected chi connectivity index (χ2v) is 5.85. The van der Waals surface area contributed by atoms with Crippen molar-refractivity contribution in [2.24, 2.45) is 0 Å². The molecular formula is C14H16N2OS. The molecule has 2 aromatic rings. The molecule has 1 aliphatic heterocycles. The first-order chi connectivity index (χ1) is 8.75. The van der Waals surface area contributed by atoms with Crippen molar-refractivity contribution < 1.29 is 4.79 Å². The zero-order valence-electron chi connectivity index (χ0n) is 10.3. The third kappa shape index (κ3) is 2.01. The lowest BCUT2D eigenvalue weighted by atomic mass is 10.1. The standard InChI is InChI=1S/C14H16N2OS/c1-10-9-18-7-6-16(10)14(17)12-2-3-13-11(8-12)4-5-15-13/h2-5,8,10,15H,6-7,9H2,1H3. The van der Waals surface area contributed by atoms with Crippen molar-refractivity contribution in [2.75, 3.05) is 18.1 Å². The zero-order valence-corrected chi connectivity index (χ0v) is 11.2. The molecule has 4 heteroatoms. The number of amides is 1. The third-order valence-corrected chi connectivity index (χ3v) is 4.62. The summed E-state index contributed by atoms with van der Waals surface area (Å²) in [6, 6.07) is 8.20. The van der Waals surface area contributed by atoms with Gasteiger partial charge in [-0.2, -0.15) is 11.8 Å². The topological polar surface area (TPSA) is 36.1 Å². The first-order valence-corrected chi connectivity index (χ1v) is 7.37. The van der Waals surface area contributed by atoms with Gasteiger partial charge in [0, 0.05) is 46.8 Å². The summed E-state index contributed by atoms with van der Waals surface area (Å²) in [5.41, 5.74) is 1.87. The van der Waals surface area contributed by atoms with Crippen molar-refractivity contribution in [2.45, 2.75) is 13.0 Å². The minimum atomic E-state index is 0.158. The molecule has 2 heterocycles. The number of aromatic nitrogens is 1. The highest BCUT2D eigenvalue weighted by Gasteiger charge is 2.24. The van der Waals surface area contributed by atoms with E-state index >= 15 is 0 Å². The van der Waals surface area contributed by atoms with Crippen LogP contribution < -0.4 is 0 Å². The summed E-state index contributed by atoms with van der Waals surface area (Å²) in [5.74, 6) is 2.24. The van der Waals surface area contributed by atoms with Gasteiger partial charge >= 0.3 is 0 Å². The molecule has 0 aliphatic carbocycles. The molecule has 1 aromatic carbocycles. The number of benzene rings is 1. The minimum absolute atomic E-state index is 0.158. The van der Waals surface area contributed by atoms with E-state index in [4.69, 9.17) is 0 Å². The van der Waals surface area contributed by atoms with Crippen LogP contribution in [0, 0.1) is 0 Å². The summed E-state index contributed by atoms with van der Waals surface area (Å²) < 4.78 is 0. The summed E-state index contributed by atoms with van der Waals surface area (Å²) in [4.78, 5) is 17.6. The van der Waals surface area contributed by atoms with Crippen molar-refractivity contribution >= 4 is 28.6 Å². The summed E-state index contributed by atoms with van der Waals surface area (Å²) >= 11 is 1.92. The molecule has 0 bridgehead atoms. The van der Waals surface area contributed by atoms with E-state index in [2.05, 4.69) is 11.9 Å². The highest BCUT2D eigenvalue weighted by Crippen LogP contribution is 2.20. The molecule has 3 rings (SSSR count). The fourth-order valence-electron chi connectivity index (χ4n) is 2.38. The lowest BCUT2D eigenvalue weighted by Crippen LogP contribution is -2.44.